The van der Waals surface area contributed by atoms with Crippen LogP contribution in [0.5, 0.6) is 5.75 Å². The van der Waals surface area contributed by atoms with Crippen LogP contribution in [0.25, 0.3) is 0 Å². The van der Waals surface area contributed by atoms with Crippen LogP contribution in [0.4, 0.5) is 0 Å². The number of rotatable bonds is 4. The van der Waals surface area contributed by atoms with Gasteiger partial charge < -0.3 is 14.5 Å². The van der Waals surface area contributed by atoms with Crippen molar-refractivity contribution in [1.29, 1.82) is 0 Å². The third kappa shape index (κ3) is 4.46. The Morgan fingerprint density at radius 2 is 1.92 bits per heavy atom. The molecule has 0 radical (unpaired) electrons. The highest BCUT2D eigenvalue weighted by Crippen LogP contribution is 2.28. The minimum atomic E-state index is -0.0482. The van der Waals surface area contributed by atoms with E-state index in [1.54, 1.807) is 18.2 Å². The number of piperazine rings is 1. The molecule has 0 spiro atoms. The number of hydrogen-bond donors (Lipinski definition) is 0. The van der Waals surface area contributed by atoms with Gasteiger partial charge in [-0.05, 0) is 30.8 Å². The van der Waals surface area contributed by atoms with Crippen molar-refractivity contribution in [1.82, 2.24) is 9.80 Å². The summed E-state index contributed by atoms with van der Waals surface area (Å²) in [5.41, 5.74) is 1.13. The Kier molecular flexibility index (Phi) is 5.84. The zero-order valence-corrected chi connectivity index (χ0v) is 15.5. The maximum atomic E-state index is 12.8. The molecular weight excluding hydrogens is 359 g/mol. The first-order chi connectivity index (χ1) is 12.0. The number of halogens is 2. The average Bonchev–Trinajstić information content (AvgIpc) is 2.61. The van der Waals surface area contributed by atoms with Gasteiger partial charge in [0.1, 0.15) is 5.75 Å². The van der Waals surface area contributed by atoms with Gasteiger partial charge in [-0.25, -0.2) is 0 Å². The van der Waals surface area contributed by atoms with Crippen molar-refractivity contribution in [2.75, 3.05) is 33.3 Å². The number of benzene rings is 2. The van der Waals surface area contributed by atoms with Crippen molar-refractivity contribution in [3.8, 4) is 5.75 Å². The molecule has 4 nitrogen and oxygen atoms in total. The fourth-order valence-corrected chi connectivity index (χ4v) is 3.46. The summed E-state index contributed by atoms with van der Waals surface area (Å²) in [4.78, 5) is 16.9. The van der Waals surface area contributed by atoms with Crippen LogP contribution in [0.15, 0.2) is 48.5 Å². The topological polar surface area (TPSA) is 32.8 Å². The van der Waals surface area contributed by atoms with Crippen molar-refractivity contribution < 1.29 is 9.53 Å². The number of carbonyl (C=O) groups is 1. The lowest BCUT2D eigenvalue weighted by atomic mass is 10.0. The molecule has 1 saturated heterocycles. The van der Waals surface area contributed by atoms with Gasteiger partial charge in [-0.2, -0.15) is 0 Å². The largest absolute Gasteiger partial charge is 0.482 e. The van der Waals surface area contributed by atoms with E-state index in [1.165, 1.54) is 0 Å². The number of carbonyl (C=O) groups excluding carboxylic acids is 1. The van der Waals surface area contributed by atoms with E-state index >= 15 is 0 Å². The van der Waals surface area contributed by atoms with Crippen LogP contribution in [0, 0.1) is 0 Å². The first-order valence-corrected chi connectivity index (χ1v) is 8.91. The van der Waals surface area contributed by atoms with Crippen molar-refractivity contribution in [2.24, 2.45) is 0 Å². The SMILES string of the molecule is CN1CCN(C(=O)COc2ccc(Cl)cc2Cl)C(c2ccccc2)C1. The van der Waals surface area contributed by atoms with Crippen LogP contribution in [0.1, 0.15) is 11.6 Å². The predicted molar refractivity (Wildman–Crippen MR) is 100 cm³/mol. The Bertz CT molecular complexity index is 739. The van der Waals surface area contributed by atoms with E-state index in [2.05, 4.69) is 24.1 Å². The standard InChI is InChI=1S/C19H20Cl2N2O2/c1-22-9-10-23(17(12-22)14-5-3-2-4-6-14)19(24)13-25-18-8-7-15(20)11-16(18)21/h2-8,11,17H,9-10,12-13H2,1H3. The molecule has 132 valence electrons. The zero-order chi connectivity index (χ0) is 17.8. The highest BCUT2D eigenvalue weighted by Gasteiger charge is 2.30. The quantitative estimate of drug-likeness (QED) is 0.808. The van der Waals surface area contributed by atoms with Crippen molar-refractivity contribution >= 4 is 29.1 Å². The summed E-state index contributed by atoms with van der Waals surface area (Å²) in [5.74, 6) is 0.415. The normalized spacial score (nSPS) is 18.2. The summed E-state index contributed by atoms with van der Waals surface area (Å²) in [5, 5.41) is 0.935. The van der Waals surface area contributed by atoms with Gasteiger partial charge in [0.15, 0.2) is 6.61 Å². The molecule has 1 atom stereocenters. The van der Waals surface area contributed by atoms with Crippen LogP contribution in [-0.2, 0) is 4.79 Å². The molecule has 0 saturated carbocycles. The lowest BCUT2D eigenvalue weighted by Gasteiger charge is -2.40. The van der Waals surface area contributed by atoms with E-state index in [9.17, 15) is 4.79 Å². The molecule has 0 bridgehead atoms. The second kappa shape index (κ2) is 8.09. The molecule has 25 heavy (non-hydrogen) atoms. The maximum absolute atomic E-state index is 12.8. The van der Waals surface area contributed by atoms with E-state index in [4.69, 9.17) is 27.9 Å². The molecule has 2 aromatic rings. The summed E-state index contributed by atoms with van der Waals surface area (Å²) in [7, 11) is 2.07. The van der Waals surface area contributed by atoms with Gasteiger partial charge in [0.2, 0.25) is 0 Å². The fraction of sp³-hybridized carbons (Fsp3) is 0.316. The Labute approximate surface area is 157 Å². The Morgan fingerprint density at radius 3 is 2.64 bits per heavy atom. The third-order valence-electron chi connectivity index (χ3n) is 4.33. The molecule has 1 fully saturated rings. The molecular formula is C19H20Cl2N2O2. The fourth-order valence-electron chi connectivity index (χ4n) is 2.99. The number of ether oxygens (including phenoxy) is 1. The minimum Gasteiger partial charge on any atom is -0.482 e. The van der Waals surface area contributed by atoms with E-state index in [-0.39, 0.29) is 18.6 Å². The van der Waals surface area contributed by atoms with Crippen molar-refractivity contribution in [3.05, 3.63) is 64.1 Å². The lowest BCUT2D eigenvalue weighted by molar-refractivity contribution is -0.138. The molecule has 2 aromatic carbocycles. The van der Waals surface area contributed by atoms with E-state index < -0.39 is 0 Å². The van der Waals surface area contributed by atoms with E-state index in [0.717, 1.165) is 18.7 Å². The van der Waals surface area contributed by atoms with Gasteiger partial charge in [-0.3, -0.25) is 4.79 Å². The minimum absolute atomic E-state index is 0.0248. The monoisotopic (exact) mass is 378 g/mol. The molecule has 6 heteroatoms. The molecule has 1 aliphatic rings. The van der Waals surface area contributed by atoms with Crippen LogP contribution in [0.3, 0.4) is 0 Å². The van der Waals surface area contributed by atoms with E-state index in [0.29, 0.717) is 22.3 Å². The predicted octanol–water partition coefficient (Wildman–Crippen LogP) is 3.89. The molecule has 1 unspecified atom stereocenters. The summed E-state index contributed by atoms with van der Waals surface area (Å²) in [6.45, 7) is 2.27. The molecule has 0 N–H and O–H groups in total. The number of nitrogens with zero attached hydrogens (tertiary/aromatic N) is 2. The Hall–Kier alpha value is -1.75. The number of amides is 1. The molecule has 1 heterocycles. The van der Waals surface area contributed by atoms with E-state index in [1.807, 2.05) is 23.1 Å². The number of hydrogen-bond acceptors (Lipinski definition) is 3. The van der Waals surface area contributed by atoms with Crippen LogP contribution in [0.2, 0.25) is 10.0 Å². The van der Waals surface area contributed by atoms with Crippen LogP contribution >= 0.6 is 23.2 Å². The highest BCUT2D eigenvalue weighted by atomic mass is 35.5. The smallest absolute Gasteiger partial charge is 0.261 e. The molecule has 0 aliphatic carbocycles. The molecule has 0 aromatic heterocycles. The first-order valence-electron chi connectivity index (χ1n) is 8.15. The summed E-state index contributed by atoms with van der Waals surface area (Å²) >= 11 is 12.0. The van der Waals surface area contributed by atoms with Gasteiger partial charge in [-0.1, -0.05) is 53.5 Å². The summed E-state index contributed by atoms with van der Waals surface area (Å²) in [6, 6.07) is 15.1. The van der Waals surface area contributed by atoms with Crippen molar-refractivity contribution in [2.45, 2.75) is 6.04 Å². The third-order valence-corrected chi connectivity index (χ3v) is 4.86. The first kappa shape index (κ1) is 18.1. The lowest BCUT2D eigenvalue weighted by Crippen LogP contribution is -2.50. The van der Waals surface area contributed by atoms with Gasteiger partial charge in [0.25, 0.3) is 5.91 Å². The van der Waals surface area contributed by atoms with Gasteiger partial charge in [0.05, 0.1) is 11.1 Å². The van der Waals surface area contributed by atoms with Gasteiger partial charge in [-0.15, -0.1) is 0 Å². The van der Waals surface area contributed by atoms with Crippen LogP contribution < -0.4 is 4.74 Å². The molecule has 1 aliphatic heterocycles. The highest BCUT2D eigenvalue weighted by molar-refractivity contribution is 6.35. The number of likely N-dealkylation sites (N-methyl/N-ethyl adjacent to an activating group) is 1. The van der Waals surface area contributed by atoms with Crippen molar-refractivity contribution in [3.63, 3.8) is 0 Å². The average molecular weight is 379 g/mol. The molecule has 3 rings (SSSR count). The summed E-state index contributed by atoms with van der Waals surface area (Å²) < 4.78 is 5.62. The Morgan fingerprint density at radius 1 is 1.16 bits per heavy atom. The second-order valence-corrected chi connectivity index (χ2v) is 6.98. The summed E-state index contributed by atoms with van der Waals surface area (Å²) in [6.07, 6.45) is 0. The maximum Gasteiger partial charge on any atom is 0.261 e. The van der Waals surface area contributed by atoms with Crippen LogP contribution in [-0.4, -0.2) is 49.0 Å². The Balaban J connectivity index is 1.70. The zero-order valence-electron chi connectivity index (χ0n) is 14.0. The second-order valence-electron chi connectivity index (χ2n) is 6.14. The molecule has 1 amide bonds. The van der Waals surface area contributed by atoms with Gasteiger partial charge >= 0.3 is 0 Å². The van der Waals surface area contributed by atoms with Gasteiger partial charge in [0, 0.05) is 24.7 Å².